The Hall–Kier alpha value is -0.790. The molecule has 1 unspecified atom stereocenters. The zero-order valence-electron chi connectivity index (χ0n) is 7.03. The summed E-state index contributed by atoms with van der Waals surface area (Å²) in [5, 5.41) is 9.68. The van der Waals surface area contributed by atoms with Crippen LogP contribution in [0.4, 0.5) is 0 Å². The van der Waals surface area contributed by atoms with Gasteiger partial charge in [0.1, 0.15) is 5.60 Å². The molecule has 1 N–H and O–H groups in total. The maximum Gasteiger partial charge on any atom is 0.105 e. The van der Waals surface area contributed by atoms with Gasteiger partial charge in [0.05, 0.1) is 0 Å². The molecule has 0 spiro atoms. The summed E-state index contributed by atoms with van der Waals surface area (Å²) in [6.07, 6.45) is 1.53. The third-order valence-corrected chi connectivity index (χ3v) is 1.76. The normalized spacial score (nSPS) is 14.2. The van der Waals surface area contributed by atoms with E-state index >= 15 is 0 Å². The Morgan fingerprint density at radius 3 is 2.25 bits per heavy atom. The first-order valence-electron chi connectivity index (χ1n) is 3.58. The summed E-state index contributed by atoms with van der Waals surface area (Å²) in [5.74, 6) is 0. The molecular formula is C10H13ClO. The molecule has 0 aromatic heterocycles. The van der Waals surface area contributed by atoms with Crippen molar-refractivity contribution in [1.82, 2.24) is 0 Å². The SMILES string of the molecule is C=CC(C)(O)c1ccccc1.Cl. The molecule has 0 fully saturated rings. The minimum absolute atomic E-state index is 0. The predicted molar refractivity (Wildman–Crippen MR) is 53.5 cm³/mol. The Morgan fingerprint density at radius 2 is 1.83 bits per heavy atom. The van der Waals surface area contributed by atoms with E-state index in [1.807, 2.05) is 30.3 Å². The summed E-state index contributed by atoms with van der Waals surface area (Å²) in [4.78, 5) is 0. The van der Waals surface area contributed by atoms with E-state index in [0.717, 1.165) is 5.56 Å². The smallest absolute Gasteiger partial charge is 0.105 e. The van der Waals surface area contributed by atoms with E-state index in [1.165, 1.54) is 6.08 Å². The highest BCUT2D eigenvalue weighted by Crippen LogP contribution is 2.20. The van der Waals surface area contributed by atoms with Gasteiger partial charge >= 0.3 is 0 Å². The third kappa shape index (κ3) is 2.36. The number of halogens is 1. The lowest BCUT2D eigenvalue weighted by molar-refractivity contribution is 0.111. The zero-order valence-corrected chi connectivity index (χ0v) is 7.84. The number of aliphatic hydroxyl groups is 1. The van der Waals surface area contributed by atoms with Gasteiger partial charge in [-0.25, -0.2) is 0 Å². The highest BCUT2D eigenvalue weighted by Gasteiger charge is 2.16. The first-order chi connectivity index (χ1) is 5.17. The second-order valence-electron chi connectivity index (χ2n) is 2.72. The predicted octanol–water partition coefficient (Wildman–Crippen LogP) is 2.50. The second kappa shape index (κ2) is 4.29. The minimum atomic E-state index is -0.902. The van der Waals surface area contributed by atoms with Crippen molar-refractivity contribution in [2.24, 2.45) is 0 Å². The third-order valence-electron chi connectivity index (χ3n) is 1.76. The van der Waals surface area contributed by atoms with Crippen LogP contribution in [0.15, 0.2) is 43.0 Å². The lowest BCUT2D eigenvalue weighted by Crippen LogP contribution is -2.16. The fourth-order valence-corrected chi connectivity index (χ4v) is 0.893. The zero-order chi connectivity index (χ0) is 8.32. The Morgan fingerprint density at radius 1 is 1.33 bits per heavy atom. The van der Waals surface area contributed by atoms with Crippen molar-refractivity contribution in [2.75, 3.05) is 0 Å². The van der Waals surface area contributed by atoms with Crippen LogP contribution < -0.4 is 0 Å². The van der Waals surface area contributed by atoms with Crippen LogP contribution in [-0.2, 0) is 5.60 Å². The van der Waals surface area contributed by atoms with Gasteiger partial charge in [0.2, 0.25) is 0 Å². The topological polar surface area (TPSA) is 20.2 Å². The average molecular weight is 185 g/mol. The Bertz CT molecular complexity index is 241. The Kier molecular flexibility index (Phi) is 4.01. The standard InChI is InChI=1S/C10H12O.ClH/c1-3-10(2,11)9-7-5-4-6-8-9;/h3-8,11H,1H2,2H3;1H. The van der Waals surface area contributed by atoms with Crippen molar-refractivity contribution in [3.05, 3.63) is 48.6 Å². The highest BCUT2D eigenvalue weighted by atomic mass is 35.5. The molecular weight excluding hydrogens is 172 g/mol. The molecule has 66 valence electrons. The van der Waals surface area contributed by atoms with Gasteiger partial charge in [-0.15, -0.1) is 12.4 Å². The van der Waals surface area contributed by atoms with Crippen molar-refractivity contribution >= 4 is 12.4 Å². The van der Waals surface area contributed by atoms with Crippen LogP contribution in [0.3, 0.4) is 0 Å². The maximum atomic E-state index is 9.68. The van der Waals surface area contributed by atoms with Gasteiger partial charge in [0, 0.05) is 0 Å². The molecule has 12 heavy (non-hydrogen) atoms. The first-order valence-corrected chi connectivity index (χ1v) is 3.58. The average Bonchev–Trinajstić information content (AvgIpc) is 2.06. The highest BCUT2D eigenvalue weighted by molar-refractivity contribution is 5.85. The Labute approximate surface area is 79.1 Å². The van der Waals surface area contributed by atoms with Crippen molar-refractivity contribution < 1.29 is 5.11 Å². The van der Waals surface area contributed by atoms with Crippen molar-refractivity contribution in [1.29, 1.82) is 0 Å². The summed E-state index contributed by atoms with van der Waals surface area (Å²) in [5.41, 5.74) is -0.0312. The number of rotatable bonds is 2. The fourth-order valence-electron chi connectivity index (χ4n) is 0.893. The van der Waals surface area contributed by atoms with Crippen LogP contribution in [0.25, 0.3) is 0 Å². The monoisotopic (exact) mass is 184 g/mol. The minimum Gasteiger partial charge on any atom is -0.381 e. The quantitative estimate of drug-likeness (QED) is 0.701. The van der Waals surface area contributed by atoms with Gasteiger partial charge in [-0.3, -0.25) is 0 Å². The van der Waals surface area contributed by atoms with Crippen molar-refractivity contribution in [2.45, 2.75) is 12.5 Å². The van der Waals surface area contributed by atoms with E-state index in [-0.39, 0.29) is 12.4 Å². The van der Waals surface area contributed by atoms with E-state index in [0.29, 0.717) is 0 Å². The number of benzene rings is 1. The van der Waals surface area contributed by atoms with Crippen LogP contribution in [0, 0.1) is 0 Å². The molecule has 0 heterocycles. The van der Waals surface area contributed by atoms with Gasteiger partial charge in [-0.2, -0.15) is 0 Å². The fraction of sp³-hybridized carbons (Fsp3) is 0.200. The van der Waals surface area contributed by atoms with Crippen LogP contribution >= 0.6 is 12.4 Å². The molecule has 1 atom stereocenters. The van der Waals surface area contributed by atoms with Crippen molar-refractivity contribution in [3.8, 4) is 0 Å². The largest absolute Gasteiger partial charge is 0.381 e. The van der Waals surface area contributed by atoms with Crippen LogP contribution in [-0.4, -0.2) is 5.11 Å². The molecule has 1 nitrogen and oxygen atoms in total. The molecule has 0 aliphatic carbocycles. The molecule has 1 rings (SSSR count). The number of hydrogen-bond acceptors (Lipinski definition) is 1. The molecule has 0 saturated carbocycles. The van der Waals surface area contributed by atoms with Gasteiger partial charge in [-0.1, -0.05) is 43.0 Å². The van der Waals surface area contributed by atoms with Gasteiger partial charge in [-0.05, 0) is 12.5 Å². The molecule has 0 radical (unpaired) electrons. The molecule has 0 amide bonds. The van der Waals surface area contributed by atoms with Gasteiger partial charge < -0.3 is 5.11 Å². The van der Waals surface area contributed by atoms with Crippen LogP contribution in [0.1, 0.15) is 12.5 Å². The van der Waals surface area contributed by atoms with E-state index in [9.17, 15) is 5.11 Å². The summed E-state index contributed by atoms with van der Waals surface area (Å²) in [7, 11) is 0. The van der Waals surface area contributed by atoms with E-state index < -0.39 is 5.60 Å². The molecule has 0 aliphatic heterocycles. The van der Waals surface area contributed by atoms with Gasteiger partial charge in [0.25, 0.3) is 0 Å². The molecule has 1 aromatic carbocycles. The van der Waals surface area contributed by atoms with E-state index in [1.54, 1.807) is 6.92 Å². The van der Waals surface area contributed by atoms with Crippen LogP contribution in [0.5, 0.6) is 0 Å². The van der Waals surface area contributed by atoms with Gasteiger partial charge in [0.15, 0.2) is 0 Å². The number of hydrogen-bond donors (Lipinski definition) is 1. The lowest BCUT2D eigenvalue weighted by Gasteiger charge is -2.18. The summed E-state index contributed by atoms with van der Waals surface area (Å²) < 4.78 is 0. The molecule has 0 bridgehead atoms. The van der Waals surface area contributed by atoms with Crippen LogP contribution in [0.2, 0.25) is 0 Å². The molecule has 2 heteroatoms. The summed E-state index contributed by atoms with van der Waals surface area (Å²) in [6.45, 7) is 5.28. The maximum absolute atomic E-state index is 9.68. The van der Waals surface area contributed by atoms with E-state index in [4.69, 9.17) is 0 Å². The molecule has 1 aromatic rings. The first kappa shape index (κ1) is 11.2. The second-order valence-corrected chi connectivity index (χ2v) is 2.72. The lowest BCUT2D eigenvalue weighted by atomic mass is 9.97. The van der Waals surface area contributed by atoms with E-state index in [2.05, 4.69) is 6.58 Å². The molecule has 0 aliphatic rings. The molecule has 0 saturated heterocycles. The summed E-state index contributed by atoms with van der Waals surface area (Å²) >= 11 is 0. The Balaban J connectivity index is 0.00000121. The van der Waals surface area contributed by atoms with Crippen molar-refractivity contribution in [3.63, 3.8) is 0 Å². The summed E-state index contributed by atoms with van der Waals surface area (Å²) in [6, 6.07) is 9.46.